The largest absolute Gasteiger partial charge is 0.491 e. The van der Waals surface area contributed by atoms with E-state index in [-0.39, 0.29) is 0 Å². The summed E-state index contributed by atoms with van der Waals surface area (Å²) < 4.78 is 32.9. The first-order valence-electron chi connectivity index (χ1n) is 7.95. The Morgan fingerprint density at radius 1 is 1.29 bits per heavy atom. The molecule has 0 amide bonds. The summed E-state index contributed by atoms with van der Waals surface area (Å²) >= 11 is 0. The van der Waals surface area contributed by atoms with Crippen molar-refractivity contribution in [2.75, 3.05) is 24.2 Å². The molecule has 0 saturated heterocycles. The fraction of sp³-hybridized carbons (Fsp3) is 0.471. The first-order valence-corrected chi connectivity index (χ1v) is 9.80. The van der Waals surface area contributed by atoms with Gasteiger partial charge in [0.2, 0.25) is 10.0 Å². The molecule has 0 bridgehead atoms. The Morgan fingerprint density at radius 3 is 2.62 bits per heavy atom. The molecule has 0 atom stereocenters. The van der Waals surface area contributed by atoms with E-state index in [2.05, 4.69) is 18.9 Å². The minimum absolute atomic E-state index is 0.382. The topological polar surface area (TPSA) is 64.4 Å². The van der Waals surface area contributed by atoms with Gasteiger partial charge in [0, 0.05) is 25.0 Å². The van der Waals surface area contributed by atoms with E-state index in [0.29, 0.717) is 24.8 Å². The van der Waals surface area contributed by atoms with Crippen molar-refractivity contribution in [1.29, 1.82) is 0 Å². The van der Waals surface area contributed by atoms with Crippen LogP contribution in [0.1, 0.15) is 19.4 Å². The molecule has 1 aromatic heterocycles. The van der Waals surface area contributed by atoms with E-state index >= 15 is 0 Å². The second-order valence-electron chi connectivity index (χ2n) is 6.20. The normalized spacial score (nSPS) is 11.7. The third-order valence-electron chi connectivity index (χ3n) is 3.69. The Morgan fingerprint density at radius 2 is 2.04 bits per heavy atom. The smallest absolute Gasteiger partial charge is 0.232 e. The number of anilines is 1. The van der Waals surface area contributed by atoms with Gasteiger partial charge in [-0.1, -0.05) is 19.9 Å². The second kappa shape index (κ2) is 7.70. The zero-order valence-corrected chi connectivity index (χ0v) is 15.5. The van der Waals surface area contributed by atoms with Gasteiger partial charge in [0.15, 0.2) is 0 Å². The molecule has 2 rings (SSSR count). The summed E-state index contributed by atoms with van der Waals surface area (Å²) in [6, 6.07) is 7.40. The van der Waals surface area contributed by atoms with E-state index in [0.717, 1.165) is 17.7 Å². The zero-order valence-electron chi connectivity index (χ0n) is 14.6. The first-order chi connectivity index (χ1) is 11.3. The van der Waals surface area contributed by atoms with Crippen molar-refractivity contribution in [2.24, 2.45) is 5.92 Å². The van der Waals surface area contributed by atoms with E-state index in [1.54, 1.807) is 17.9 Å². The highest BCUT2D eigenvalue weighted by Crippen LogP contribution is 2.32. The number of hydrogen-bond donors (Lipinski definition) is 0. The molecule has 0 saturated carbocycles. The summed E-state index contributed by atoms with van der Waals surface area (Å²) in [5.41, 5.74) is 1.59. The predicted molar refractivity (Wildman–Crippen MR) is 96.0 cm³/mol. The molecular formula is C17H25N3O3S. The molecule has 0 aliphatic rings. The minimum Gasteiger partial charge on any atom is -0.491 e. The highest BCUT2D eigenvalue weighted by Gasteiger charge is 2.19. The summed E-state index contributed by atoms with van der Waals surface area (Å²) in [6.07, 6.45) is 5.56. The number of hydrogen-bond acceptors (Lipinski definition) is 4. The fourth-order valence-electron chi connectivity index (χ4n) is 2.46. The molecule has 0 radical (unpaired) electrons. The van der Waals surface area contributed by atoms with Crippen molar-refractivity contribution in [1.82, 2.24) is 9.78 Å². The summed E-state index contributed by atoms with van der Waals surface area (Å²) in [6.45, 7) is 5.31. The maximum Gasteiger partial charge on any atom is 0.232 e. The monoisotopic (exact) mass is 351 g/mol. The SMILES string of the molecule is CC(C)Cc1c(OCCn2cccn2)cccc1N(C)S(C)(=O)=O. The summed E-state index contributed by atoms with van der Waals surface area (Å²) in [4.78, 5) is 0. The lowest BCUT2D eigenvalue weighted by atomic mass is 10.00. The third kappa shape index (κ3) is 4.74. The van der Waals surface area contributed by atoms with Crippen molar-refractivity contribution in [3.05, 3.63) is 42.2 Å². The molecule has 24 heavy (non-hydrogen) atoms. The molecule has 132 valence electrons. The van der Waals surface area contributed by atoms with Crippen LogP contribution in [0.4, 0.5) is 5.69 Å². The Balaban J connectivity index is 2.25. The Bertz CT molecular complexity index is 755. The molecule has 2 aromatic rings. The molecule has 0 N–H and O–H groups in total. The molecule has 1 aromatic carbocycles. The average Bonchev–Trinajstić information content (AvgIpc) is 3.00. The minimum atomic E-state index is -3.32. The number of nitrogens with zero attached hydrogens (tertiary/aromatic N) is 3. The van der Waals surface area contributed by atoms with Crippen LogP contribution < -0.4 is 9.04 Å². The maximum atomic E-state index is 11.9. The van der Waals surface area contributed by atoms with E-state index in [9.17, 15) is 8.42 Å². The maximum absolute atomic E-state index is 11.9. The van der Waals surface area contributed by atoms with Gasteiger partial charge in [-0.25, -0.2) is 8.42 Å². The molecule has 7 heteroatoms. The Labute approximate surface area is 144 Å². The van der Waals surface area contributed by atoms with Crippen molar-refractivity contribution in [3.8, 4) is 5.75 Å². The van der Waals surface area contributed by atoms with Gasteiger partial charge in [-0.2, -0.15) is 5.10 Å². The van der Waals surface area contributed by atoms with Crippen LogP contribution in [0, 0.1) is 5.92 Å². The van der Waals surface area contributed by atoms with Crippen LogP contribution in [-0.2, 0) is 23.0 Å². The van der Waals surface area contributed by atoms with E-state index < -0.39 is 10.0 Å². The number of sulfonamides is 1. The van der Waals surface area contributed by atoms with Crippen molar-refractivity contribution in [2.45, 2.75) is 26.8 Å². The van der Waals surface area contributed by atoms with E-state index in [1.165, 1.54) is 10.6 Å². The number of benzene rings is 1. The lowest BCUT2D eigenvalue weighted by Gasteiger charge is -2.23. The van der Waals surface area contributed by atoms with Gasteiger partial charge in [-0.3, -0.25) is 8.99 Å². The van der Waals surface area contributed by atoms with Gasteiger partial charge < -0.3 is 4.74 Å². The molecule has 0 spiro atoms. The van der Waals surface area contributed by atoms with Crippen molar-refractivity contribution in [3.63, 3.8) is 0 Å². The van der Waals surface area contributed by atoms with Crippen LogP contribution in [0.3, 0.4) is 0 Å². The molecule has 1 heterocycles. The summed E-state index contributed by atoms with van der Waals surface area (Å²) in [7, 11) is -1.75. The van der Waals surface area contributed by atoms with Crippen molar-refractivity contribution >= 4 is 15.7 Å². The van der Waals surface area contributed by atoms with Gasteiger partial charge in [0.1, 0.15) is 12.4 Å². The molecule has 6 nitrogen and oxygen atoms in total. The van der Waals surface area contributed by atoms with Crippen LogP contribution in [-0.4, -0.2) is 38.1 Å². The highest BCUT2D eigenvalue weighted by atomic mass is 32.2. The van der Waals surface area contributed by atoms with Gasteiger partial charge >= 0.3 is 0 Å². The van der Waals surface area contributed by atoms with E-state index in [4.69, 9.17) is 4.74 Å². The van der Waals surface area contributed by atoms with Crippen LogP contribution in [0.15, 0.2) is 36.7 Å². The van der Waals surface area contributed by atoms with Crippen molar-refractivity contribution < 1.29 is 13.2 Å². The van der Waals surface area contributed by atoms with Gasteiger partial charge in [-0.05, 0) is 30.5 Å². The van der Waals surface area contributed by atoms with Crippen LogP contribution in [0.2, 0.25) is 0 Å². The summed E-state index contributed by atoms with van der Waals surface area (Å²) in [5.74, 6) is 1.11. The predicted octanol–water partition coefficient (Wildman–Crippen LogP) is 2.56. The molecule has 0 unspecified atom stereocenters. The molecular weight excluding hydrogens is 326 g/mol. The lowest BCUT2D eigenvalue weighted by Crippen LogP contribution is -2.26. The number of ether oxygens (including phenoxy) is 1. The quantitative estimate of drug-likeness (QED) is 0.733. The Hall–Kier alpha value is -2.02. The summed E-state index contributed by atoms with van der Waals surface area (Å²) in [5, 5.41) is 4.15. The van der Waals surface area contributed by atoms with Gasteiger partial charge in [0.05, 0.1) is 18.5 Å². The zero-order chi connectivity index (χ0) is 17.7. The average molecular weight is 351 g/mol. The van der Waals surface area contributed by atoms with Crippen LogP contribution >= 0.6 is 0 Å². The second-order valence-corrected chi connectivity index (χ2v) is 8.21. The molecule has 0 fully saturated rings. The standard InChI is InChI=1S/C17H25N3O3S/c1-14(2)13-15-16(19(3)24(4,21)22)7-5-8-17(15)23-12-11-20-10-6-9-18-20/h5-10,14H,11-13H2,1-4H3. The molecule has 0 aliphatic carbocycles. The van der Waals surface area contributed by atoms with Crippen LogP contribution in [0.5, 0.6) is 5.75 Å². The molecule has 0 aliphatic heterocycles. The van der Waals surface area contributed by atoms with E-state index in [1.807, 2.05) is 30.5 Å². The lowest BCUT2D eigenvalue weighted by molar-refractivity contribution is 0.288. The number of rotatable bonds is 8. The number of aromatic nitrogens is 2. The highest BCUT2D eigenvalue weighted by molar-refractivity contribution is 7.92. The first kappa shape index (κ1) is 18.3. The fourth-order valence-corrected chi connectivity index (χ4v) is 2.99. The van der Waals surface area contributed by atoms with Gasteiger partial charge in [-0.15, -0.1) is 0 Å². The Kier molecular flexibility index (Phi) is 5.88. The van der Waals surface area contributed by atoms with Gasteiger partial charge in [0.25, 0.3) is 0 Å². The van der Waals surface area contributed by atoms with Crippen LogP contribution in [0.25, 0.3) is 0 Å². The third-order valence-corrected chi connectivity index (χ3v) is 4.89.